The monoisotopic (exact) mass is 413 g/mol. The van der Waals surface area contributed by atoms with Gasteiger partial charge in [0.15, 0.2) is 0 Å². The highest BCUT2D eigenvalue weighted by Gasteiger charge is 2.43. The molecule has 0 radical (unpaired) electrons. The summed E-state index contributed by atoms with van der Waals surface area (Å²) in [7, 11) is 0. The Morgan fingerprint density at radius 3 is 2.42 bits per heavy atom. The predicted molar refractivity (Wildman–Crippen MR) is 119 cm³/mol. The maximum atomic E-state index is 12.6. The van der Waals surface area contributed by atoms with Crippen LogP contribution < -0.4 is 21.5 Å². The van der Waals surface area contributed by atoms with Crippen LogP contribution in [0.15, 0.2) is 60.8 Å². The molecule has 2 aromatic rings. The summed E-state index contributed by atoms with van der Waals surface area (Å²) in [5.74, 6) is 0.393. The fourth-order valence-electron chi connectivity index (χ4n) is 5.02. The van der Waals surface area contributed by atoms with Gasteiger partial charge in [-0.1, -0.05) is 48.5 Å². The first-order chi connectivity index (χ1) is 15.2. The number of amides is 1. The molecule has 2 aliphatic heterocycles. The minimum atomic E-state index is -0.515. The van der Waals surface area contributed by atoms with Crippen molar-refractivity contribution in [2.24, 2.45) is 5.92 Å². The van der Waals surface area contributed by atoms with Crippen LogP contribution in [-0.4, -0.2) is 24.0 Å². The Kier molecular flexibility index (Phi) is 5.46. The van der Waals surface area contributed by atoms with E-state index < -0.39 is 6.04 Å². The molecule has 1 unspecified atom stereocenters. The molecule has 0 aromatic heterocycles. The van der Waals surface area contributed by atoms with Gasteiger partial charge < -0.3 is 16.1 Å². The van der Waals surface area contributed by atoms with E-state index in [9.17, 15) is 10.1 Å². The van der Waals surface area contributed by atoms with Gasteiger partial charge in [0, 0.05) is 18.7 Å². The molecule has 4 N–H and O–H groups in total. The van der Waals surface area contributed by atoms with Gasteiger partial charge >= 0.3 is 0 Å². The Balaban J connectivity index is 1.19. The fraction of sp³-hybridized carbons (Fsp3) is 0.360. The lowest BCUT2D eigenvalue weighted by atomic mass is 9.97. The largest absolute Gasteiger partial charge is 0.339 e. The molecule has 2 bridgehead atoms. The molecule has 3 aliphatic rings. The van der Waals surface area contributed by atoms with Crippen molar-refractivity contribution in [3.05, 3.63) is 71.9 Å². The molecule has 2 fully saturated rings. The summed E-state index contributed by atoms with van der Waals surface area (Å²) in [5, 5.41) is 15.9. The van der Waals surface area contributed by atoms with Crippen LogP contribution in [0.2, 0.25) is 0 Å². The van der Waals surface area contributed by atoms with Crippen molar-refractivity contribution in [1.29, 1.82) is 5.26 Å². The third kappa shape index (κ3) is 4.20. The van der Waals surface area contributed by atoms with E-state index in [1.165, 1.54) is 5.56 Å². The smallest absolute Gasteiger partial charge is 0.238 e. The van der Waals surface area contributed by atoms with Gasteiger partial charge in [-0.15, -0.1) is 0 Å². The SMILES string of the molecule is N#C[C@H](Cc1ccc(-c2ccc(C3C=CNN3)cc2)cc1)NC(=O)[C@H]1N[C@@H]2CC[C@H]1C2. The Morgan fingerprint density at radius 2 is 1.84 bits per heavy atom. The van der Waals surface area contributed by atoms with E-state index >= 15 is 0 Å². The second kappa shape index (κ2) is 8.54. The van der Waals surface area contributed by atoms with Gasteiger partial charge in [-0.25, -0.2) is 5.43 Å². The van der Waals surface area contributed by atoms with Crippen molar-refractivity contribution in [2.45, 2.75) is 49.9 Å². The topological polar surface area (TPSA) is 89.0 Å². The van der Waals surface area contributed by atoms with Crippen LogP contribution in [-0.2, 0) is 11.2 Å². The van der Waals surface area contributed by atoms with Gasteiger partial charge in [0.1, 0.15) is 6.04 Å². The number of hydrazine groups is 1. The Labute approximate surface area is 182 Å². The molecular weight excluding hydrogens is 386 g/mol. The highest BCUT2D eigenvalue weighted by Crippen LogP contribution is 2.35. The van der Waals surface area contributed by atoms with Gasteiger partial charge in [0.25, 0.3) is 0 Å². The van der Waals surface area contributed by atoms with E-state index in [1.54, 1.807) is 0 Å². The van der Waals surface area contributed by atoms with Crippen molar-refractivity contribution < 1.29 is 4.79 Å². The standard InChI is InChI=1S/C25H27N5O/c26-15-22(29-25(31)24-20-9-10-21(14-20)28-24)13-16-1-3-17(4-2-16)18-5-7-19(8-6-18)23-11-12-27-30-23/h1-8,11-12,20-24,27-28,30H,9-10,13-14H2,(H,29,31)/t20-,21+,22-,23?,24-/m0/s1. The molecule has 1 saturated heterocycles. The van der Waals surface area contributed by atoms with Crippen LogP contribution in [0.25, 0.3) is 11.1 Å². The minimum Gasteiger partial charge on any atom is -0.339 e. The molecule has 6 heteroatoms. The second-order valence-electron chi connectivity index (χ2n) is 8.75. The van der Waals surface area contributed by atoms with E-state index in [4.69, 9.17) is 0 Å². The number of carbonyl (C=O) groups is 1. The summed E-state index contributed by atoms with van der Waals surface area (Å²) < 4.78 is 0. The summed E-state index contributed by atoms with van der Waals surface area (Å²) in [6.07, 6.45) is 7.86. The molecule has 158 valence electrons. The zero-order valence-electron chi connectivity index (χ0n) is 17.3. The molecule has 31 heavy (non-hydrogen) atoms. The van der Waals surface area contributed by atoms with Crippen LogP contribution >= 0.6 is 0 Å². The first-order valence-electron chi connectivity index (χ1n) is 11.0. The summed E-state index contributed by atoms with van der Waals surface area (Å²) in [6, 6.07) is 19.0. The molecule has 1 saturated carbocycles. The summed E-state index contributed by atoms with van der Waals surface area (Å²) in [5.41, 5.74) is 10.7. The van der Waals surface area contributed by atoms with Crippen LogP contribution in [0, 0.1) is 17.2 Å². The fourth-order valence-corrected chi connectivity index (χ4v) is 5.02. The molecule has 5 rings (SSSR count). The van der Waals surface area contributed by atoms with Crippen LogP contribution in [0.5, 0.6) is 0 Å². The summed E-state index contributed by atoms with van der Waals surface area (Å²) in [6.45, 7) is 0. The van der Waals surface area contributed by atoms with E-state index in [-0.39, 0.29) is 18.0 Å². The van der Waals surface area contributed by atoms with Crippen molar-refractivity contribution in [2.75, 3.05) is 0 Å². The summed E-state index contributed by atoms with van der Waals surface area (Å²) in [4.78, 5) is 12.6. The van der Waals surface area contributed by atoms with E-state index in [1.807, 2.05) is 18.3 Å². The molecule has 5 atom stereocenters. The van der Waals surface area contributed by atoms with Crippen LogP contribution in [0.1, 0.15) is 36.4 Å². The quantitative estimate of drug-likeness (QED) is 0.585. The maximum Gasteiger partial charge on any atom is 0.238 e. The summed E-state index contributed by atoms with van der Waals surface area (Å²) >= 11 is 0. The van der Waals surface area contributed by atoms with Gasteiger partial charge in [-0.2, -0.15) is 5.26 Å². The highest BCUT2D eigenvalue weighted by atomic mass is 16.2. The molecule has 1 aliphatic carbocycles. The average Bonchev–Trinajstić information content (AvgIpc) is 3.58. The van der Waals surface area contributed by atoms with Crippen molar-refractivity contribution in [1.82, 2.24) is 21.5 Å². The molecule has 2 heterocycles. The number of hydrogen-bond donors (Lipinski definition) is 4. The van der Waals surface area contributed by atoms with E-state index in [0.717, 1.165) is 36.0 Å². The lowest BCUT2D eigenvalue weighted by Gasteiger charge is -2.23. The van der Waals surface area contributed by atoms with E-state index in [2.05, 4.69) is 70.0 Å². The molecular formula is C25H27N5O. The van der Waals surface area contributed by atoms with Crippen LogP contribution in [0.4, 0.5) is 0 Å². The number of piperidine rings is 1. The first kappa shape index (κ1) is 19.8. The van der Waals surface area contributed by atoms with Crippen LogP contribution in [0.3, 0.4) is 0 Å². The van der Waals surface area contributed by atoms with Crippen molar-refractivity contribution in [3.63, 3.8) is 0 Å². The molecule has 2 aromatic carbocycles. The normalized spacial score (nSPS) is 26.9. The van der Waals surface area contributed by atoms with Gasteiger partial charge in [-0.3, -0.25) is 4.79 Å². The number of carbonyl (C=O) groups excluding carboxylic acids is 1. The highest BCUT2D eigenvalue weighted by molar-refractivity contribution is 5.83. The maximum absolute atomic E-state index is 12.6. The lowest BCUT2D eigenvalue weighted by Crippen LogP contribution is -2.50. The third-order valence-electron chi connectivity index (χ3n) is 6.72. The van der Waals surface area contributed by atoms with Gasteiger partial charge in [0.2, 0.25) is 5.91 Å². The predicted octanol–water partition coefficient (Wildman–Crippen LogP) is 2.71. The first-order valence-corrected chi connectivity index (χ1v) is 11.0. The number of benzene rings is 2. The molecule has 0 spiro atoms. The average molecular weight is 414 g/mol. The Morgan fingerprint density at radius 1 is 1.10 bits per heavy atom. The molecule has 6 nitrogen and oxygen atoms in total. The zero-order chi connectivity index (χ0) is 21.2. The van der Waals surface area contributed by atoms with Gasteiger partial charge in [0.05, 0.1) is 18.2 Å². The Bertz CT molecular complexity index is 1010. The lowest BCUT2D eigenvalue weighted by molar-refractivity contribution is -0.124. The number of nitrogens with zero attached hydrogens (tertiary/aromatic N) is 1. The van der Waals surface area contributed by atoms with Crippen molar-refractivity contribution >= 4 is 5.91 Å². The van der Waals surface area contributed by atoms with Crippen molar-refractivity contribution in [3.8, 4) is 17.2 Å². The third-order valence-corrected chi connectivity index (χ3v) is 6.72. The Hall–Kier alpha value is -3.14. The number of hydrogen-bond acceptors (Lipinski definition) is 5. The minimum absolute atomic E-state index is 0.0303. The molecule has 1 amide bonds. The number of rotatable bonds is 6. The number of nitriles is 1. The number of fused-ring (bicyclic) bond motifs is 2. The zero-order valence-corrected chi connectivity index (χ0v) is 17.3. The second-order valence-corrected chi connectivity index (χ2v) is 8.75. The van der Waals surface area contributed by atoms with E-state index in [0.29, 0.717) is 18.4 Å². The van der Waals surface area contributed by atoms with Gasteiger partial charge in [-0.05, 0) is 53.5 Å². The number of nitrogens with one attached hydrogen (secondary N) is 4.